The van der Waals surface area contributed by atoms with E-state index in [2.05, 4.69) is 11.9 Å². The lowest BCUT2D eigenvalue weighted by Gasteiger charge is -2.63. The van der Waals surface area contributed by atoms with Crippen LogP contribution in [0.25, 0.3) is 0 Å². The minimum absolute atomic E-state index is 0.347. The van der Waals surface area contributed by atoms with Crippen molar-refractivity contribution in [3.05, 3.63) is 35.4 Å². The number of carboxylic acid groups (broad SMARTS) is 1. The molecule has 1 aromatic rings. The predicted molar refractivity (Wildman–Crippen MR) is 80.4 cm³/mol. The zero-order chi connectivity index (χ0) is 15.0. The van der Waals surface area contributed by atoms with Gasteiger partial charge in [0.25, 0.3) is 0 Å². The number of benzene rings is 1. The second kappa shape index (κ2) is 5.43. The monoisotopic (exact) mass is 289 g/mol. The summed E-state index contributed by atoms with van der Waals surface area (Å²) in [6.07, 6.45) is 5.40. The summed E-state index contributed by atoms with van der Waals surface area (Å²) in [7, 11) is 3.99. The van der Waals surface area contributed by atoms with Crippen molar-refractivity contribution in [1.29, 1.82) is 0 Å². The highest BCUT2D eigenvalue weighted by Gasteiger charge is 2.59. The second-order valence-electron chi connectivity index (χ2n) is 6.48. The summed E-state index contributed by atoms with van der Waals surface area (Å²) in [5, 5.41) is 8.93. The lowest BCUT2D eigenvalue weighted by atomic mass is 9.50. The molecule has 1 spiro atoms. The molecule has 1 N–H and O–H groups in total. The minimum Gasteiger partial charge on any atom is -0.478 e. The molecule has 2 saturated carbocycles. The first-order valence-corrected chi connectivity index (χ1v) is 7.62. The van der Waals surface area contributed by atoms with Crippen LogP contribution < -0.4 is 0 Å². The van der Waals surface area contributed by atoms with Crippen LogP contribution in [0.15, 0.2) is 24.3 Å². The molecular formula is C17H23NO3. The van der Waals surface area contributed by atoms with Crippen molar-refractivity contribution in [1.82, 2.24) is 4.90 Å². The standard InChI is InChI=1S/C17H23NO3/c1-18(11-12-4-6-13(7-5-12)16(19)20)14-10-15(21-2)17(14)8-3-9-17/h4-7,14-15H,3,8-11H2,1-2H3,(H,19,20)/t14-,15-/m1/s1. The van der Waals surface area contributed by atoms with Gasteiger partial charge in [-0.25, -0.2) is 4.79 Å². The van der Waals surface area contributed by atoms with Gasteiger partial charge in [0, 0.05) is 25.1 Å². The first-order valence-electron chi connectivity index (χ1n) is 7.62. The van der Waals surface area contributed by atoms with Crippen LogP contribution in [-0.4, -0.2) is 42.3 Å². The number of carbonyl (C=O) groups is 1. The van der Waals surface area contributed by atoms with Gasteiger partial charge in [-0.2, -0.15) is 0 Å². The predicted octanol–water partition coefficient (Wildman–Crippen LogP) is 2.77. The zero-order valence-electron chi connectivity index (χ0n) is 12.7. The Kier molecular flexibility index (Phi) is 3.76. The number of ether oxygens (including phenoxy) is 1. The van der Waals surface area contributed by atoms with E-state index in [9.17, 15) is 4.79 Å². The molecule has 2 atom stereocenters. The largest absolute Gasteiger partial charge is 0.478 e. The van der Waals surface area contributed by atoms with Gasteiger partial charge in [-0.15, -0.1) is 0 Å². The lowest BCUT2D eigenvalue weighted by molar-refractivity contribution is -0.192. The Morgan fingerprint density at radius 3 is 2.52 bits per heavy atom. The molecule has 2 aliphatic rings. The van der Waals surface area contributed by atoms with Crippen LogP contribution in [0.4, 0.5) is 0 Å². The van der Waals surface area contributed by atoms with Gasteiger partial charge in [-0.1, -0.05) is 18.6 Å². The molecule has 4 heteroatoms. The Morgan fingerprint density at radius 1 is 1.38 bits per heavy atom. The summed E-state index contributed by atoms with van der Waals surface area (Å²) < 4.78 is 5.62. The second-order valence-corrected chi connectivity index (χ2v) is 6.48. The average Bonchev–Trinajstić information content (AvgIpc) is 2.36. The van der Waals surface area contributed by atoms with Crippen LogP contribution in [0.5, 0.6) is 0 Å². The summed E-state index contributed by atoms with van der Waals surface area (Å²) in [4.78, 5) is 13.3. The van der Waals surface area contributed by atoms with E-state index in [1.54, 1.807) is 12.1 Å². The van der Waals surface area contributed by atoms with E-state index in [1.807, 2.05) is 19.2 Å². The highest BCUT2D eigenvalue weighted by molar-refractivity contribution is 5.87. The molecule has 0 aromatic heterocycles. The third kappa shape index (κ3) is 2.36. The van der Waals surface area contributed by atoms with Crippen LogP contribution in [0, 0.1) is 5.41 Å². The molecule has 0 saturated heterocycles. The van der Waals surface area contributed by atoms with Crippen LogP contribution in [0.3, 0.4) is 0 Å². The molecule has 0 aliphatic heterocycles. The van der Waals surface area contributed by atoms with Crippen molar-refractivity contribution in [3.8, 4) is 0 Å². The molecule has 0 heterocycles. The SMILES string of the molecule is CO[C@@H]1C[C@@H](N(C)Cc2ccc(C(=O)O)cc2)C12CCC2. The van der Waals surface area contributed by atoms with E-state index >= 15 is 0 Å². The molecule has 3 rings (SSSR count). The fourth-order valence-electron chi connectivity index (χ4n) is 4.07. The van der Waals surface area contributed by atoms with E-state index in [1.165, 1.54) is 19.3 Å². The Labute approximate surface area is 125 Å². The molecule has 21 heavy (non-hydrogen) atoms. The maximum absolute atomic E-state index is 10.9. The van der Waals surface area contributed by atoms with Crippen LogP contribution in [-0.2, 0) is 11.3 Å². The van der Waals surface area contributed by atoms with Crippen molar-refractivity contribution in [2.45, 2.75) is 44.4 Å². The van der Waals surface area contributed by atoms with Gasteiger partial charge in [-0.3, -0.25) is 4.90 Å². The van der Waals surface area contributed by atoms with Gasteiger partial charge in [0.15, 0.2) is 0 Å². The Bertz CT molecular complexity index is 521. The van der Waals surface area contributed by atoms with Crippen molar-refractivity contribution in [2.75, 3.05) is 14.2 Å². The summed E-state index contributed by atoms with van der Waals surface area (Å²) in [6, 6.07) is 7.79. The maximum Gasteiger partial charge on any atom is 0.335 e. The molecule has 0 bridgehead atoms. The zero-order valence-corrected chi connectivity index (χ0v) is 12.7. The average molecular weight is 289 g/mol. The molecule has 0 radical (unpaired) electrons. The normalized spacial score (nSPS) is 26.4. The quantitative estimate of drug-likeness (QED) is 0.905. The molecule has 0 amide bonds. The van der Waals surface area contributed by atoms with Crippen molar-refractivity contribution in [3.63, 3.8) is 0 Å². The van der Waals surface area contributed by atoms with Crippen LogP contribution in [0.2, 0.25) is 0 Å². The van der Waals surface area contributed by atoms with Crippen molar-refractivity contribution >= 4 is 5.97 Å². The van der Waals surface area contributed by atoms with E-state index in [-0.39, 0.29) is 0 Å². The number of carboxylic acids is 1. The first-order chi connectivity index (χ1) is 10.1. The van der Waals surface area contributed by atoms with E-state index < -0.39 is 5.97 Å². The molecule has 4 nitrogen and oxygen atoms in total. The number of aromatic carboxylic acids is 1. The van der Waals surface area contributed by atoms with Gasteiger partial charge in [0.2, 0.25) is 0 Å². The third-order valence-electron chi connectivity index (χ3n) is 5.48. The minimum atomic E-state index is -0.870. The Hall–Kier alpha value is -1.39. The number of nitrogens with zero attached hydrogens (tertiary/aromatic N) is 1. The van der Waals surface area contributed by atoms with Gasteiger partial charge >= 0.3 is 5.97 Å². The highest BCUT2D eigenvalue weighted by atomic mass is 16.5. The molecule has 2 fully saturated rings. The smallest absolute Gasteiger partial charge is 0.335 e. The van der Waals surface area contributed by atoms with E-state index in [0.29, 0.717) is 23.1 Å². The highest BCUT2D eigenvalue weighted by Crippen LogP contribution is 2.58. The number of hydrogen-bond donors (Lipinski definition) is 1. The first kappa shape index (κ1) is 14.5. The number of hydrogen-bond acceptors (Lipinski definition) is 3. The number of rotatable bonds is 5. The fraction of sp³-hybridized carbons (Fsp3) is 0.588. The van der Waals surface area contributed by atoms with Gasteiger partial charge in [-0.05, 0) is 44.0 Å². The van der Waals surface area contributed by atoms with Crippen LogP contribution >= 0.6 is 0 Å². The van der Waals surface area contributed by atoms with Crippen molar-refractivity contribution in [2.24, 2.45) is 5.41 Å². The van der Waals surface area contributed by atoms with Gasteiger partial charge < -0.3 is 9.84 Å². The summed E-state index contributed by atoms with van der Waals surface area (Å²) in [5.41, 5.74) is 1.89. The lowest BCUT2D eigenvalue weighted by Crippen LogP contribution is -2.66. The third-order valence-corrected chi connectivity index (χ3v) is 5.48. The van der Waals surface area contributed by atoms with Gasteiger partial charge in [0.05, 0.1) is 11.7 Å². The maximum atomic E-state index is 10.9. The topological polar surface area (TPSA) is 49.8 Å². The summed E-state index contributed by atoms with van der Waals surface area (Å²) in [6.45, 7) is 0.864. The van der Waals surface area contributed by atoms with E-state index in [4.69, 9.17) is 9.84 Å². The van der Waals surface area contributed by atoms with Crippen LogP contribution in [0.1, 0.15) is 41.6 Å². The molecular weight excluding hydrogens is 266 g/mol. The Morgan fingerprint density at radius 2 is 2.05 bits per heavy atom. The van der Waals surface area contributed by atoms with E-state index in [0.717, 1.165) is 18.5 Å². The summed E-state index contributed by atoms with van der Waals surface area (Å²) in [5.74, 6) is -0.870. The molecule has 114 valence electrons. The number of methoxy groups -OCH3 is 1. The fourth-order valence-corrected chi connectivity index (χ4v) is 4.07. The molecule has 0 unspecified atom stereocenters. The van der Waals surface area contributed by atoms with Gasteiger partial charge in [0.1, 0.15) is 0 Å². The molecule has 2 aliphatic carbocycles. The summed E-state index contributed by atoms with van der Waals surface area (Å²) >= 11 is 0. The molecule has 1 aromatic carbocycles. The van der Waals surface area contributed by atoms with Crippen molar-refractivity contribution < 1.29 is 14.6 Å². The Balaban J connectivity index is 1.64.